The third-order valence-corrected chi connectivity index (χ3v) is 13.7. The van der Waals surface area contributed by atoms with Crippen LogP contribution >= 0.6 is 0 Å². The van der Waals surface area contributed by atoms with Crippen molar-refractivity contribution in [2.45, 2.75) is 117 Å². The number of hydrazine groups is 1. The number of hydrogen-bond donors (Lipinski definition) is 2. The molecule has 2 aromatic carbocycles. The average Bonchev–Trinajstić information content (AvgIpc) is 3.88. The van der Waals surface area contributed by atoms with Crippen molar-refractivity contribution < 1.29 is 46.6 Å². The molecule has 370 valence electrons. The van der Waals surface area contributed by atoms with Crippen molar-refractivity contribution >= 4 is 40.5 Å². The molecule has 69 heavy (non-hydrogen) atoms. The molecule has 14 nitrogen and oxygen atoms in total. The lowest BCUT2D eigenvalue weighted by molar-refractivity contribution is -0.155. The fraction of sp³-hybridized carbons (Fsp3) is 0.500. The summed E-state index contributed by atoms with van der Waals surface area (Å²) in [6, 6.07) is 10.5. The zero-order valence-electron chi connectivity index (χ0n) is 40.7. The number of pyridine rings is 1. The van der Waals surface area contributed by atoms with Gasteiger partial charge in [0.1, 0.15) is 18.1 Å². The van der Waals surface area contributed by atoms with Crippen molar-refractivity contribution in [2.75, 3.05) is 40.4 Å². The van der Waals surface area contributed by atoms with E-state index < -0.39 is 77.7 Å². The van der Waals surface area contributed by atoms with Crippen LogP contribution < -0.4 is 10.7 Å². The van der Waals surface area contributed by atoms with Crippen molar-refractivity contribution in [2.24, 2.45) is 11.3 Å². The van der Waals surface area contributed by atoms with Crippen molar-refractivity contribution in [1.29, 1.82) is 0 Å². The van der Waals surface area contributed by atoms with Gasteiger partial charge in [0, 0.05) is 80.3 Å². The van der Waals surface area contributed by atoms with Crippen molar-refractivity contribution in [1.82, 2.24) is 35.1 Å². The number of ether oxygens (including phenoxy) is 2. The molecule has 2 fully saturated rings. The van der Waals surface area contributed by atoms with E-state index in [1.807, 2.05) is 58.0 Å². The molecule has 6 bridgehead atoms. The van der Waals surface area contributed by atoms with Gasteiger partial charge in [-0.2, -0.15) is 0 Å². The number of fused-ring (bicyclic) bond motifs is 6. The van der Waals surface area contributed by atoms with E-state index in [1.165, 1.54) is 29.1 Å². The van der Waals surface area contributed by atoms with Gasteiger partial charge in [0.15, 0.2) is 0 Å². The van der Waals surface area contributed by atoms with E-state index in [-0.39, 0.29) is 44.2 Å². The Morgan fingerprint density at radius 1 is 1.09 bits per heavy atom. The standard InChI is InChI=1S/C52H64F3N7O7/c1-10-42(63)60-21-18-52(55,28-60)50(67)59(8)44(30(3)4)47(64)57-40-24-32-22-34(25-35(23-32)46(53)54)33-16-17-41-37(26-33)38(45(61(41)11-2)36-14-12-19-56-43(36)31(5)68-9)27-51(6,7)29-69-49(66)39-15-13-20-62(58-39)48(40)65/h10,12,14,16-17,19,22-23,25-26,30-31,39-40,44,46,58H,1,11,13,15,18,20-21,24,27-29H2,2-9H3,(H,57,64)/t31-,39-,40-,44?,52+/m0/s1. The third-order valence-electron chi connectivity index (χ3n) is 13.7. The number of benzene rings is 2. The molecule has 4 aromatic rings. The predicted octanol–water partition coefficient (Wildman–Crippen LogP) is 7.29. The number of cyclic esters (lactones) is 1. The molecular formula is C52H64F3N7O7. The van der Waals surface area contributed by atoms with Gasteiger partial charge in [-0.05, 0) is 97.7 Å². The molecule has 3 aliphatic heterocycles. The Kier molecular flexibility index (Phi) is 15.1. The van der Waals surface area contributed by atoms with E-state index in [0.29, 0.717) is 42.5 Å². The first-order valence-electron chi connectivity index (χ1n) is 23.7. The first kappa shape index (κ1) is 50.8. The number of halogens is 3. The number of carbonyl (C=O) groups excluding carboxylic acids is 5. The number of nitrogens with one attached hydrogen (secondary N) is 2. The van der Waals surface area contributed by atoms with Crippen LogP contribution in [0, 0.1) is 11.3 Å². The van der Waals surface area contributed by atoms with Gasteiger partial charge >= 0.3 is 5.97 Å². The summed E-state index contributed by atoms with van der Waals surface area (Å²) < 4.78 is 60.4. The summed E-state index contributed by atoms with van der Waals surface area (Å²) >= 11 is 0. The summed E-state index contributed by atoms with van der Waals surface area (Å²) in [4.78, 5) is 76.3. The highest BCUT2D eigenvalue weighted by molar-refractivity contribution is 5.97. The summed E-state index contributed by atoms with van der Waals surface area (Å²) in [5.74, 6) is -4.14. The van der Waals surface area contributed by atoms with Gasteiger partial charge in [0.05, 0.1) is 30.6 Å². The second kappa shape index (κ2) is 20.5. The summed E-state index contributed by atoms with van der Waals surface area (Å²) in [5, 5.41) is 4.92. The van der Waals surface area contributed by atoms with Crippen LogP contribution in [0.4, 0.5) is 13.2 Å². The van der Waals surface area contributed by atoms with Gasteiger partial charge in [-0.3, -0.25) is 34.0 Å². The van der Waals surface area contributed by atoms with Gasteiger partial charge < -0.3 is 29.2 Å². The molecule has 4 amide bonds. The molecule has 2 aromatic heterocycles. The second-order valence-electron chi connectivity index (χ2n) is 19.7. The van der Waals surface area contributed by atoms with E-state index in [0.717, 1.165) is 44.4 Å². The van der Waals surface area contributed by atoms with E-state index >= 15 is 4.39 Å². The number of likely N-dealkylation sites (N-methyl/N-ethyl adjacent to an activating group) is 1. The van der Waals surface area contributed by atoms with E-state index in [9.17, 15) is 32.8 Å². The maximum absolute atomic E-state index is 16.4. The molecule has 5 atom stereocenters. The number of aryl methyl sites for hydroxylation is 1. The minimum atomic E-state index is -2.90. The maximum Gasteiger partial charge on any atom is 0.324 e. The molecule has 0 saturated carbocycles. The van der Waals surface area contributed by atoms with E-state index in [4.69, 9.17) is 14.5 Å². The Hall–Kier alpha value is -6.07. The van der Waals surface area contributed by atoms with Gasteiger partial charge in [-0.15, -0.1) is 0 Å². The molecule has 0 aliphatic carbocycles. The number of hydrogen-bond acceptors (Lipinski definition) is 9. The summed E-state index contributed by atoms with van der Waals surface area (Å²) in [6.45, 7) is 15.0. The number of nitrogens with zero attached hydrogens (tertiary/aromatic N) is 5. The Labute approximate surface area is 401 Å². The van der Waals surface area contributed by atoms with Crippen LogP contribution in [0.25, 0.3) is 33.3 Å². The lowest BCUT2D eigenvalue weighted by Crippen LogP contribution is -2.62. The monoisotopic (exact) mass is 955 g/mol. The highest BCUT2D eigenvalue weighted by Crippen LogP contribution is 2.42. The number of aromatic nitrogens is 2. The number of rotatable bonds is 11. The molecular weight excluding hydrogens is 892 g/mol. The minimum absolute atomic E-state index is 0.0210. The quantitative estimate of drug-likeness (QED) is 0.117. The normalized spacial score (nSPS) is 21.8. The molecule has 2 saturated heterocycles. The Balaban J connectivity index is 1.35. The molecule has 3 aliphatic rings. The fourth-order valence-corrected chi connectivity index (χ4v) is 10.1. The minimum Gasteiger partial charge on any atom is -0.464 e. The van der Waals surface area contributed by atoms with Crippen LogP contribution in [0.3, 0.4) is 0 Å². The topological polar surface area (TPSA) is 155 Å². The van der Waals surface area contributed by atoms with Crippen LogP contribution in [-0.2, 0) is 52.8 Å². The van der Waals surface area contributed by atoms with Gasteiger partial charge in [0.25, 0.3) is 18.2 Å². The van der Waals surface area contributed by atoms with E-state index in [1.54, 1.807) is 33.2 Å². The predicted molar refractivity (Wildman–Crippen MR) is 255 cm³/mol. The smallest absolute Gasteiger partial charge is 0.324 e. The maximum atomic E-state index is 16.4. The van der Waals surface area contributed by atoms with Crippen LogP contribution in [0.2, 0.25) is 0 Å². The lowest BCUT2D eigenvalue weighted by Gasteiger charge is -2.37. The number of amides is 4. The van der Waals surface area contributed by atoms with Gasteiger partial charge in [-0.25, -0.2) is 18.6 Å². The van der Waals surface area contributed by atoms with Crippen molar-refractivity contribution in [3.8, 4) is 22.4 Å². The number of likely N-dealkylation sites (tertiary alicyclic amines) is 1. The molecule has 2 N–H and O–H groups in total. The van der Waals surface area contributed by atoms with Crippen molar-refractivity contribution in [3.05, 3.63) is 89.8 Å². The molecule has 7 rings (SSSR count). The lowest BCUT2D eigenvalue weighted by atomic mass is 9.84. The number of esters is 1. The third kappa shape index (κ3) is 10.4. The number of carbonyl (C=O) groups is 5. The van der Waals surface area contributed by atoms with Crippen LogP contribution in [0.1, 0.15) is 95.7 Å². The highest BCUT2D eigenvalue weighted by atomic mass is 19.3. The van der Waals surface area contributed by atoms with Gasteiger partial charge in [0.2, 0.25) is 17.5 Å². The Morgan fingerprint density at radius 2 is 1.84 bits per heavy atom. The Bertz CT molecular complexity index is 2630. The van der Waals surface area contributed by atoms with Crippen LogP contribution in [0.15, 0.2) is 67.4 Å². The molecule has 17 heteroatoms. The van der Waals surface area contributed by atoms with Crippen LogP contribution in [-0.4, -0.2) is 118 Å². The molecule has 0 radical (unpaired) electrons. The zero-order chi connectivity index (χ0) is 50.1. The molecule has 0 spiro atoms. The van der Waals surface area contributed by atoms with E-state index in [2.05, 4.69) is 21.9 Å². The van der Waals surface area contributed by atoms with Crippen molar-refractivity contribution in [3.63, 3.8) is 0 Å². The first-order valence-corrected chi connectivity index (χ1v) is 23.7. The molecule has 1 unspecified atom stereocenters. The SMILES string of the molecule is C=CC(=O)N1CC[C@](F)(C(=O)N(C)C(C(=O)N[C@H]2Cc3cc(cc(C(F)F)c3)-c3ccc4c(c3)c(c(-c3cccnc3[C@H](C)OC)n4CC)CC(C)(C)COC(=O)[C@@H]3CCCN(N3)C2=O)C(C)C)C1. The summed E-state index contributed by atoms with van der Waals surface area (Å²) in [7, 11) is 2.93. The Morgan fingerprint density at radius 3 is 2.52 bits per heavy atom. The summed E-state index contributed by atoms with van der Waals surface area (Å²) in [6.07, 6.45) is 0.170. The number of methoxy groups -OCH3 is 1. The van der Waals surface area contributed by atoms with Gasteiger partial charge in [-0.1, -0.05) is 52.5 Å². The average molecular weight is 956 g/mol. The first-order chi connectivity index (χ1) is 32.7. The van der Waals surface area contributed by atoms with Crippen LogP contribution in [0.5, 0.6) is 0 Å². The largest absolute Gasteiger partial charge is 0.464 e. The number of alkyl halides is 3. The summed E-state index contributed by atoms with van der Waals surface area (Å²) in [5.41, 5.74) is 5.37. The fourth-order valence-electron chi connectivity index (χ4n) is 10.1. The molecule has 5 heterocycles. The second-order valence-corrected chi connectivity index (χ2v) is 19.7. The zero-order valence-corrected chi connectivity index (χ0v) is 40.7. The highest BCUT2D eigenvalue weighted by Gasteiger charge is 2.50.